The Kier molecular flexibility index (Phi) is 7.26. The van der Waals surface area contributed by atoms with Crippen LogP contribution in [0, 0.1) is 11.8 Å². The molecule has 0 spiro atoms. The lowest BCUT2D eigenvalue weighted by Crippen LogP contribution is -2.47. The van der Waals surface area contributed by atoms with Gasteiger partial charge in [0, 0.05) is 41.7 Å². The fraction of sp³-hybridized carbons (Fsp3) is 0.393. The van der Waals surface area contributed by atoms with Crippen LogP contribution < -0.4 is 20.1 Å². The summed E-state index contributed by atoms with van der Waals surface area (Å²) in [5.74, 6) is 0.0559. The second-order valence-electron chi connectivity index (χ2n) is 9.86. The summed E-state index contributed by atoms with van der Waals surface area (Å²) < 4.78 is 16.8. The van der Waals surface area contributed by atoms with E-state index in [9.17, 15) is 14.4 Å². The minimum Gasteiger partial charge on any atom is -0.497 e. The van der Waals surface area contributed by atoms with Crippen molar-refractivity contribution in [3.63, 3.8) is 0 Å². The summed E-state index contributed by atoms with van der Waals surface area (Å²) in [5.41, 5.74) is 0.865. The predicted octanol–water partition coefficient (Wildman–Crippen LogP) is 4.11. The van der Waals surface area contributed by atoms with Crippen LogP contribution in [0.2, 0.25) is 0 Å². The lowest BCUT2D eigenvalue weighted by atomic mass is 10.1. The maximum absolute atomic E-state index is 13.1. The Hall–Kier alpha value is -3.99. The molecule has 4 atom stereocenters. The van der Waals surface area contributed by atoms with Crippen molar-refractivity contribution in [2.45, 2.75) is 44.2 Å². The Labute approximate surface area is 229 Å². The highest BCUT2D eigenvalue weighted by molar-refractivity contribution is 7.14. The molecule has 11 heteroatoms. The van der Waals surface area contributed by atoms with E-state index < -0.39 is 11.5 Å². The van der Waals surface area contributed by atoms with E-state index in [4.69, 9.17) is 19.2 Å². The van der Waals surface area contributed by atoms with E-state index in [0.717, 1.165) is 5.39 Å². The van der Waals surface area contributed by atoms with E-state index in [1.165, 1.54) is 25.4 Å². The topological polar surface area (TPSA) is 129 Å². The highest BCUT2D eigenvalue weighted by atomic mass is 32.1. The van der Waals surface area contributed by atoms with Crippen LogP contribution in [0.5, 0.6) is 11.5 Å². The average molecular weight is 551 g/mol. The molecule has 1 aromatic carbocycles. The van der Waals surface area contributed by atoms with Crippen molar-refractivity contribution < 1.29 is 28.6 Å². The highest BCUT2D eigenvalue weighted by Crippen LogP contribution is 2.46. The molecular formula is C28H30N4O6S. The number of thiazole rings is 1. The number of methoxy groups -OCH3 is 2. The number of fused-ring (bicyclic) bond motifs is 1. The molecule has 2 saturated carbocycles. The number of carbonyl (C=O) groups is 3. The van der Waals surface area contributed by atoms with Crippen LogP contribution in [0.1, 0.15) is 32.6 Å². The van der Waals surface area contributed by atoms with E-state index in [2.05, 4.69) is 22.2 Å². The van der Waals surface area contributed by atoms with Crippen molar-refractivity contribution in [1.29, 1.82) is 0 Å². The number of pyridine rings is 1. The summed E-state index contributed by atoms with van der Waals surface area (Å²) in [7, 11) is 2.92. The number of rotatable bonds is 9. The van der Waals surface area contributed by atoms with Gasteiger partial charge in [0.1, 0.15) is 22.7 Å². The number of carbonyl (C=O) groups excluding carboxylic acids is 3. The fourth-order valence-electron chi connectivity index (χ4n) is 5.10. The van der Waals surface area contributed by atoms with Crippen molar-refractivity contribution in [1.82, 2.24) is 15.3 Å². The lowest BCUT2D eigenvalue weighted by molar-refractivity contribution is -0.147. The van der Waals surface area contributed by atoms with E-state index in [-0.39, 0.29) is 29.8 Å². The number of ether oxygens (including phenoxy) is 3. The molecule has 2 aliphatic carbocycles. The molecular weight excluding hydrogens is 520 g/mol. The first-order valence-corrected chi connectivity index (χ1v) is 13.6. The lowest BCUT2D eigenvalue weighted by Gasteiger charge is -2.20. The molecule has 2 N–H and O–H groups in total. The molecule has 0 aliphatic heterocycles. The number of benzene rings is 1. The minimum atomic E-state index is -1.01. The average Bonchev–Trinajstić information content (AvgIpc) is 3.21. The summed E-state index contributed by atoms with van der Waals surface area (Å²) >= 11 is 1.31. The summed E-state index contributed by atoms with van der Waals surface area (Å²) in [4.78, 5) is 46.2. The normalized spacial score (nSPS) is 23.6. The Bertz CT molecular complexity index is 1460. The fourth-order valence-corrected chi connectivity index (χ4v) is 5.85. The first-order valence-electron chi connectivity index (χ1n) is 12.7. The predicted molar refractivity (Wildman–Crippen MR) is 147 cm³/mol. The van der Waals surface area contributed by atoms with Gasteiger partial charge in [-0.15, -0.1) is 17.9 Å². The van der Waals surface area contributed by atoms with Crippen molar-refractivity contribution in [3.05, 3.63) is 42.3 Å². The molecule has 10 nitrogen and oxygen atoms in total. The van der Waals surface area contributed by atoms with Crippen LogP contribution in [0.15, 0.2) is 42.3 Å². The van der Waals surface area contributed by atoms with Gasteiger partial charge in [0.05, 0.1) is 31.5 Å². The van der Waals surface area contributed by atoms with Crippen LogP contribution >= 0.6 is 11.3 Å². The smallest absolute Gasteiger partial charge is 0.332 e. The molecule has 2 amide bonds. The maximum Gasteiger partial charge on any atom is 0.332 e. The second kappa shape index (κ2) is 10.6. The second-order valence-corrected chi connectivity index (χ2v) is 10.7. The third-order valence-corrected chi connectivity index (χ3v) is 8.03. The van der Waals surface area contributed by atoms with Crippen molar-refractivity contribution in [3.8, 4) is 22.9 Å². The number of nitrogens with one attached hydrogen (secondary N) is 2. The van der Waals surface area contributed by atoms with Gasteiger partial charge in [-0.25, -0.2) is 14.8 Å². The van der Waals surface area contributed by atoms with Gasteiger partial charge in [-0.3, -0.25) is 9.59 Å². The monoisotopic (exact) mass is 550 g/mol. The SMILES string of the molecule is C=C[C@H]1C[C@]1(NC(=O)[C@H]1CCC(Oc2cc(-c3csc(NC(C)=O)n3)nc3cc(OC)ccc23)C1)C(=O)OC. The summed E-state index contributed by atoms with van der Waals surface area (Å²) in [6.07, 6.45) is 3.82. The first-order chi connectivity index (χ1) is 18.8. The van der Waals surface area contributed by atoms with Crippen molar-refractivity contribution in [2.24, 2.45) is 11.8 Å². The van der Waals surface area contributed by atoms with E-state index in [1.807, 2.05) is 29.6 Å². The Morgan fingerprint density at radius 3 is 2.67 bits per heavy atom. The molecule has 2 aromatic heterocycles. The zero-order valence-corrected chi connectivity index (χ0v) is 22.8. The molecule has 2 heterocycles. The number of nitrogens with zero attached hydrogens (tertiary/aromatic N) is 2. The number of amides is 2. The summed E-state index contributed by atoms with van der Waals surface area (Å²) in [5, 5.41) is 8.74. The number of hydrogen-bond acceptors (Lipinski definition) is 9. The third kappa shape index (κ3) is 5.31. The van der Waals surface area contributed by atoms with Gasteiger partial charge < -0.3 is 24.8 Å². The Morgan fingerprint density at radius 1 is 1.15 bits per heavy atom. The molecule has 39 heavy (non-hydrogen) atoms. The number of anilines is 1. The zero-order chi connectivity index (χ0) is 27.7. The molecule has 0 saturated heterocycles. The summed E-state index contributed by atoms with van der Waals surface area (Å²) in [6.45, 7) is 5.19. The van der Waals surface area contributed by atoms with Crippen molar-refractivity contribution in [2.75, 3.05) is 19.5 Å². The Morgan fingerprint density at radius 2 is 1.97 bits per heavy atom. The number of aromatic nitrogens is 2. The van der Waals surface area contributed by atoms with Gasteiger partial charge in [-0.1, -0.05) is 6.08 Å². The number of esters is 1. The Balaban J connectivity index is 1.36. The quantitative estimate of drug-likeness (QED) is 0.301. The molecule has 2 aliphatic rings. The van der Waals surface area contributed by atoms with Crippen molar-refractivity contribution >= 4 is 45.2 Å². The van der Waals surface area contributed by atoms with E-state index >= 15 is 0 Å². The van der Waals surface area contributed by atoms with Gasteiger partial charge in [-0.2, -0.15) is 0 Å². The molecule has 0 radical (unpaired) electrons. The van der Waals surface area contributed by atoms with Gasteiger partial charge in [-0.05, 0) is 37.8 Å². The van der Waals surface area contributed by atoms with Gasteiger partial charge in [0.2, 0.25) is 11.8 Å². The zero-order valence-electron chi connectivity index (χ0n) is 22.0. The van der Waals surface area contributed by atoms with E-state index in [0.29, 0.717) is 59.2 Å². The minimum absolute atomic E-state index is 0.127. The first kappa shape index (κ1) is 26.6. The van der Waals surface area contributed by atoms with E-state index in [1.54, 1.807) is 13.2 Å². The molecule has 3 aromatic rings. The third-order valence-electron chi connectivity index (χ3n) is 7.27. The summed E-state index contributed by atoms with van der Waals surface area (Å²) in [6, 6.07) is 7.40. The van der Waals surface area contributed by atoms with Crippen LogP contribution in [0.3, 0.4) is 0 Å². The molecule has 0 bridgehead atoms. The molecule has 2 fully saturated rings. The van der Waals surface area contributed by atoms with Gasteiger partial charge in [0.15, 0.2) is 5.13 Å². The van der Waals surface area contributed by atoms with Gasteiger partial charge in [0.25, 0.3) is 0 Å². The number of hydrogen-bond donors (Lipinski definition) is 2. The maximum atomic E-state index is 13.1. The van der Waals surface area contributed by atoms with Crippen LogP contribution in [-0.4, -0.2) is 53.6 Å². The van der Waals surface area contributed by atoms with Crippen LogP contribution in [-0.2, 0) is 19.1 Å². The standard InChI is InChI=1S/C28H30N4O6S/c1-5-17-13-28(17,26(35)37-4)32-25(34)16-6-7-19(10-16)38-24-12-22(23-14-39-27(31-23)29-15(2)33)30-21-11-18(36-3)8-9-20(21)24/h5,8-9,11-12,14,16-17,19H,1,6-7,10,13H2,2-4H3,(H,32,34)(H,29,31,33)/t16-,17-,19?,28+/m0/s1. The molecule has 204 valence electrons. The molecule has 1 unspecified atom stereocenters. The van der Waals surface area contributed by atoms with Crippen LogP contribution in [0.25, 0.3) is 22.3 Å². The largest absolute Gasteiger partial charge is 0.497 e. The molecule has 5 rings (SSSR count). The van der Waals surface area contributed by atoms with Crippen LogP contribution in [0.4, 0.5) is 5.13 Å². The highest BCUT2D eigenvalue weighted by Gasteiger charge is 2.61. The van der Waals surface area contributed by atoms with Gasteiger partial charge >= 0.3 is 5.97 Å².